The van der Waals surface area contributed by atoms with Gasteiger partial charge in [-0.2, -0.15) is 0 Å². The third-order valence-corrected chi connectivity index (χ3v) is 18.4. The number of carbonyl (C=O) groups excluding carboxylic acids is 1. The van der Waals surface area contributed by atoms with E-state index in [0.29, 0.717) is 58.9 Å². The average Bonchev–Trinajstić information content (AvgIpc) is 4.04. The maximum atomic E-state index is 15.3. The smallest absolute Gasteiger partial charge is 0.318 e. The molecule has 8 N–H and O–H groups in total. The molecule has 5 heterocycles. The van der Waals surface area contributed by atoms with Crippen molar-refractivity contribution in [1.29, 1.82) is 0 Å². The van der Waals surface area contributed by atoms with E-state index >= 15 is 4.79 Å². The van der Waals surface area contributed by atoms with Gasteiger partial charge in [-0.1, -0.05) is 75.3 Å². The van der Waals surface area contributed by atoms with Crippen LogP contribution in [0.4, 0.5) is 0 Å². The predicted molar refractivity (Wildman–Crippen MR) is 235 cm³/mol. The summed E-state index contributed by atoms with van der Waals surface area (Å²) in [5.41, 5.74) is 0.795. The molecule has 0 aromatic heterocycles. The Balaban J connectivity index is 0.986. The van der Waals surface area contributed by atoms with Gasteiger partial charge in [0, 0.05) is 5.56 Å². The van der Waals surface area contributed by atoms with Crippen LogP contribution in [0.15, 0.2) is 48.5 Å². The summed E-state index contributed by atoms with van der Waals surface area (Å²) in [6, 6.07) is 15.4. The minimum Gasteiger partial charge on any atom is -0.496 e. The van der Waals surface area contributed by atoms with E-state index < -0.39 is 5.04 Å². The fourth-order valence-corrected chi connectivity index (χ4v) is 15.5. The highest BCUT2D eigenvalue weighted by Gasteiger charge is 2.60. The second kappa shape index (κ2) is 17.1. The number of para-hydroxylation sites is 3. The first-order valence-corrected chi connectivity index (χ1v) is 24.7. The molecule has 3 radical (unpaired) electrons. The van der Waals surface area contributed by atoms with E-state index in [1.54, 1.807) is 14.2 Å². The van der Waals surface area contributed by atoms with Crippen LogP contribution in [-0.4, -0.2) is 79.8 Å². The second-order valence-corrected chi connectivity index (χ2v) is 21.1. The molecule has 12 nitrogen and oxygen atoms in total. The first kappa shape index (κ1) is 41.1. The number of esters is 1. The molecule has 4 saturated carbocycles. The summed E-state index contributed by atoms with van der Waals surface area (Å²) in [5, 5.41) is 32.9. The van der Waals surface area contributed by atoms with Gasteiger partial charge in [-0.3, -0.25) is 47.3 Å². The van der Waals surface area contributed by atoms with Crippen molar-refractivity contribution in [1.82, 2.24) is 42.5 Å². The van der Waals surface area contributed by atoms with Gasteiger partial charge in [0.25, 0.3) is 0 Å². The van der Waals surface area contributed by atoms with E-state index in [2.05, 4.69) is 52.8 Å². The monoisotopic (exact) mass is 850 g/mol. The summed E-state index contributed by atoms with van der Waals surface area (Å²) in [7, 11) is 7.67. The number of fused-ring (bicyclic) bond motifs is 20. The van der Waals surface area contributed by atoms with Gasteiger partial charge < -0.3 is 14.2 Å². The Kier molecular flexibility index (Phi) is 11.5. The van der Waals surface area contributed by atoms with Crippen LogP contribution in [0.5, 0.6) is 17.2 Å². The molecule has 5 aliphatic heterocycles. The van der Waals surface area contributed by atoms with E-state index in [4.69, 9.17) is 14.2 Å². The molecule has 4 aliphatic carbocycles. The third-order valence-electron chi connectivity index (χ3n) is 17.6. The van der Waals surface area contributed by atoms with Gasteiger partial charge in [0.15, 0.2) is 11.5 Å². The highest BCUT2D eigenvalue weighted by molar-refractivity contribution is 6.28. The molecule has 18 atom stereocenters. The van der Waals surface area contributed by atoms with Crippen LogP contribution in [0.1, 0.15) is 102 Å². The minimum absolute atomic E-state index is 0.0572. The quantitative estimate of drug-likeness (QED) is 0.118. The lowest BCUT2D eigenvalue weighted by Gasteiger charge is -2.47. The number of benzene rings is 2. The zero-order chi connectivity index (χ0) is 41.2. The topological polar surface area (TPSA) is 141 Å². The summed E-state index contributed by atoms with van der Waals surface area (Å²) >= 11 is 0. The van der Waals surface area contributed by atoms with Gasteiger partial charge in [-0.15, -0.1) is 0 Å². The highest BCUT2D eigenvalue weighted by atomic mass is 28.1. The van der Waals surface area contributed by atoms with E-state index in [1.165, 1.54) is 77.0 Å². The first-order valence-electron chi connectivity index (χ1n) is 24.2. The van der Waals surface area contributed by atoms with E-state index in [1.807, 2.05) is 48.5 Å². The van der Waals surface area contributed by atoms with Crippen molar-refractivity contribution in [3.05, 3.63) is 54.1 Å². The van der Waals surface area contributed by atoms with Gasteiger partial charge in [-0.05, 0) is 123 Å². The number of ether oxygens (including phenoxy) is 3. The molecule has 18 unspecified atom stereocenters. The molecule has 11 rings (SSSR count). The number of carbonyl (C=O) groups is 1. The lowest BCUT2D eigenvalue weighted by atomic mass is 9.64. The fraction of sp³-hybridized carbons (Fsp3) is 0.729. The molecule has 2 aromatic carbocycles. The molecule has 9 fully saturated rings. The lowest BCUT2D eigenvalue weighted by molar-refractivity contribution is -0.141. The maximum Gasteiger partial charge on any atom is 0.318 e. The van der Waals surface area contributed by atoms with Crippen molar-refractivity contribution in [3.8, 4) is 17.2 Å². The Morgan fingerprint density at radius 1 is 0.475 bits per heavy atom. The highest BCUT2D eigenvalue weighted by Crippen LogP contribution is 2.53. The zero-order valence-electron chi connectivity index (χ0n) is 36.2. The van der Waals surface area contributed by atoms with E-state index in [0.717, 1.165) is 24.8 Å². The molecule has 2 aromatic rings. The normalized spacial score (nSPS) is 43.8. The van der Waals surface area contributed by atoms with Crippen LogP contribution in [0.2, 0.25) is 0 Å². The largest absolute Gasteiger partial charge is 0.496 e. The standard InChI is InChI=1S/C48H69N8O4Si/c1-58-35-23-10-9-21-33(35)48(61,47(57)60-37-25-12-11-24-36(37)59-2)34-22-13-20-32-38(34)46-55-44-31-19-8-7-18-30(31)42(53-44)51-40-27-15-4-3-14-26(27)39(49-40)50-41-28-16-5-6-17-29(28)43(52-41)54-45(32)56-46/h9-12,21,23-32,34,38-46,49-56H,3-8,13-20,22H2,1-2H3. The van der Waals surface area contributed by atoms with Crippen molar-refractivity contribution in [3.63, 3.8) is 0 Å². The van der Waals surface area contributed by atoms with Crippen molar-refractivity contribution < 1.29 is 19.0 Å². The molecule has 13 heteroatoms. The third kappa shape index (κ3) is 7.20. The van der Waals surface area contributed by atoms with Crippen LogP contribution < -0.4 is 56.7 Å². The van der Waals surface area contributed by atoms with Crippen LogP contribution >= 0.6 is 0 Å². The van der Waals surface area contributed by atoms with Gasteiger partial charge >= 0.3 is 5.97 Å². The zero-order valence-corrected chi connectivity index (χ0v) is 37.2. The Morgan fingerprint density at radius 2 is 0.836 bits per heavy atom. The molecule has 61 heavy (non-hydrogen) atoms. The van der Waals surface area contributed by atoms with Crippen LogP contribution in [-0.2, 0) is 9.83 Å². The maximum absolute atomic E-state index is 15.3. The molecule has 0 amide bonds. The van der Waals surface area contributed by atoms with Crippen molar-refractivity contribution >= 4 is 16.2 Å². The molecular weight excluding hydrogens is 781 g/mol. The van der Waals surface area contributed by atoms with Gasteiger partial charge in [0.1, 0.15) is 5.75 Å². The summed E-state index contributed by atoms with van der Waals surface area (Å²) in [6.45, 7) is 0. The molecule has 329 valence electrons. The number of rotatable bonds is 6. The lowest BCUT2D eigenvalue weighted by Crippen LogP contribution is -2.62. The summed E-state index contributed by atoms with van der Waals surface area (Å²) in [4.78, 5) is 15.3. The van der Waals surface area contributed by atoms with Crippen LogP contribution in [0.3, 0.4) is 0 Å². The van der Waals surface area contributed by atoms with Crippen molar-refractivity contribution in [2.24, 2.45) is 53.3 Å². The predicted octanol–water partition coefficient (Wildman–Crippen LogP) is 4.52. The SMILES string of the molecule is COc1ccccc1OC(=O)C([Si])(c1ccccc1OC)C1CCCC2C3NC4NC(NC5NC(NC6NC(NC(N3)C21)C1CCCCC61)C1CCCCC51)C1CCCCC41. The van der Waals surface area contributed by atoms with Crippen LogP contribution in [0.25, 0.3) is 0 Å². The Labute approximate surface area is 366 Å². The summed E-state index contributed by atoms with van der Waals surface area (Å²) in [6.07, 6.45) is 19.8. The molecular formula is C48H69N8O4Si. The van der Waals surface area contributed by atoms with Crippen molar-refractivity contribution in [2.45, 2.75) is 151 Å². The molecule has 8 bridgehead atoms. The van der Waals surface area contributed by atoms with Crippen molar-refractivity contribution in [2.75, 3.05) is 14.2 Å². The number of nitrogens with one attached hydrogen (secondary N) is 8. The molecule has 9 aliphatic rings. The summed E-state index contributed by atoms with van der Waals surface area (Å²) in [5.74, 6) is 5.00. The number of hydrogen-bond acceptors (Lipinski definition) is 12. The van der Waals surface area contributed by atoms with E-state index in [9.17, 15) is 0 Å². The average molecular weight is 850 g/mol. The van der Waals surface area contributed by atoms with Gasteiger partial charge in [0.05, 0.1) is 78.8 Å². The van der Waals surface area contributed by atoms with Gasteiger partial charge in [-0.25, -0.2) is 0 Å². The number of hydrogen-bond donors (Lipinski definition) is 8. The first-order chi connectivity index (χ1) is 29.9. The Bertz CT molecular complexity index is 1890. The Hall–Kier alpha value is -2.59. The minimum atomic E-state index is -1.22. The fourth-order valence-electron chi connectivity index (χ4n) is 14.9. The van der Waals surface area contributed by atoms with Crippen LogP contribution in [0, 0.1) is 53.3 Å². The van der Waals surface area contributed by atoms with E-state index in [-0.39, 0.29) is 66.9 Å². The summed E-state index contributed by atoms with van der Waals surface area (Å²) < 4.78 is 18.2. The Morgan fingerprint density at radius 3 is 1.28 bits per heavy atom. The van der Waals surface area contributed by atoms with Gasteiger partial charge in [0.2, 0.25) is 0 Å². The number of methoxy groups -OCH3 is 2. The second-order valence-electron chi connectivity index (χ2n) is 20.3. The molecule has 5 saturated heterocycles. The molecule has 0 spiro atoms.